The number of aromatic carboxylic acids is 1. The van der Waals surface area contributed by atoms with E-state index in [0.29, 0.717) is 39.1 Å². The highest BCUT2D eigenvalue weighted by molar-refractivity contribution is 8.14. The predicted octanol–water partition coefficient (Wildman–Crippen LogP) is 6.13. The van der Waals surface area contributed by atoms with Crippen molar-refractivity contribution in [1.29, 1.82) is 0 Å². The first-order chi connectivity index (χ1) is 21.8. The Hall–Kier alpha value is -5.94. The van der Waals surface area contributed by atoms with Gasteiger partial charge in [0.25, 0.3) is 5.91 Å². The average molecular weight is 617 g/mol. The van der Waals surface area contributed by atoms with Crippen LogP contribution in [0.5, 0.6) is 11.5 Å². The molecule has 0 bridgehead atoms. The van der Waals surface area contributed by atoms with Gasteiger partial charge in [-0.05, 0) is 54.6 Å². The van der Waals surface area contributed by atoms with Crippen molar-refractivity contribution < 1.29 is 29.7 Å². The number of nitrogens with zero attached hydrogens (tertiary/aromatic N) is 3. The third kappa shape index (κ3) is 6.24. The largest absolute Gasteiger partial charge is 0.508 e. The summed E-state index contributed by atoms with van der Waals surface area (Å²) >= 11 is 1.08. The van der Waals surface area contributed by atoms with E-state index < -0.39 is 11.9 Å². The molecule has 222 valence electrons. The Morgan fingerprint density at radius 1 is 0.889 bits per heavy atom. The monoisotopic (exact) mass is 616 g/mol. The average Bonchev–Trinajstić information content (AvgIpc) is 3.35. The van der Waals surface area contributed by atoms with Crippen LogP contribution >= 0.6 is 11.8 Å². The van der Waals surface area contributed by atoms with Gasteiger partial charge in [0.2, 0.25) is 5.91 Å². The number of thioether (sulfide) groups is 1. The summed E-state index contributed by atoms with van der Waals surface area (Å²) in [6.45, 7) is 0. The quantitative estimate of drug-likeness (QED) is 0.160. The fraction of sp³-hybridized carbons (Fsp3) is 0.0294. The van der Waals surface area contributed by atoms with Crippen molar-refractivity contribution in [2.75, 3.05) is 16.0 Å². The fourth-order valence-electron chi connectivity index (χ4n) is 4.75. The van der Waals surface area contributed by atoms with Crippen molar-refractivity contribution in [3.05, 3.63) is 120 Å². The van der Waals surface area contributed by atoms with Crippen LogP contribution in [0.1, 0.15) is 15.9 Å². The number of amides is 2. The van der Waals surface area contributed by atoms with Crippen molar-refractivity contribution in [2.24, 2.45) is 4.99 Å². The number of hydrogen-bond donors (Lipinski definition) is 4. The van der Waals surface area contributed by atoms with Crippen LogP contribution in [0, 0.1) is 0 Å². The van der Waals surface area contributed by atoms with E-state index >= 15 is 0 Å². The lowest BCUT2D eigenvalue weighted by Crippen LogP contribution is -2.31. The van der Waals surface area contributed by atoms with E-state index in [1.807, 2.05) is 6.07 Å². The molecule has 10 nitrogen and oxygen atoms in total. The Kier molecular flexibility index (Phi) is 8.00. The lowest BCUT2D eigenvalue weighted by atomic mass is 10.0. The molecule has 6 rings (SSSR count). The number of hydrogen-bond acceptors (Lipinski definition) is 8. The number of carbonyl (C=O) groups is 3. The molecule has 45 heavy (non-hydrogen) atoms. The summed E-state index contributed by atoms with van der Waals surface area (Å²) in [4.78, 5) is 48.6. The van der Waals surface area contributed by atoms with E-state index in [1.54, 1.807) is 72.8 Å². The number of carbonyl (C=O) groups excluding carboxylic acids is 2. The van der Waals surface area contributed by atoms with Gasteiger partial charge in [0, 0.05) is 28.3 Å². The summed E-state index contributed by atoms with van der Waals surface area (Å²) < 4.78 is 0. The summed E-state index contributed by atoms with van der Waals surface area (Å²) in [5.41, 5.74) is 3.36. The molecule has 1 aromatic heterocycles. The Balaban J connectivity index is 1.18. The Bertz CT molecular complexity index is 2030. The van der Waals surface area contributed by atoms with Crippen molar-refractivity contribution in [3.8, 4) is 22.8 Å². The van der Waals surface area contributed by atoms with Crippen LogP contribution in [0.2, 0.25) is 0 Å². The summed E-state index contributed by atoms with van der Waals surface area (Å²) in [6.07, 6.45) is 1.42. The molecule has 0 atom stereocenters. The van der Waals surface area contributed by atoms with Crippen LogP contribution < -0.4 is 10.2 Å². The van der Waals surface area contributed by atoms with Crippen LogP contribution in [-0.4, -0.2) is 49.0 Å². The van der Waals surface area contributed by atoms with Gasteiger partial charge in [0.15, 0.2) is 5.17 Å². The van der Waals surface area contributed by atoms with Crippen molar-refractivity contribution in [2.45, 2.75) is 0 Å². The molecule has 2 heterocycles. The van der Waals surface area contributed by atoms with Crippen LogP contribution in [0.15, 0.2) is 114 Å². The second-order valence-corrected chi connectivity index (χ2v) is 10.9. The number of rotatable bonds is 7. The van der Waals surface area contributed by atoms with Gasteiger partial charge in [-0.1, -0.05) is 60.3 Å². The number of benzene rings is 4. The van der Waals surface area contributed by atoms with E-state index in [-0.39, 0.29) is 39.6 Å². The molecule has 0 aliphatic carbocycles. The Labute approximate surface area is 261 Å². The highest BCUT2D eigenvalue weighted by Crippen LogP contribution is 2.32. The van der Waals surface area contributed by atoms with Crippen LogP contribution in [0.3, 0.4) is 0 Å². The molecule has 0 spiro atoms. The third-order valence-electron chi connectivity index (χ3n) is 6.89. The van der Waals surface area contributed by atoms with Crippen molar-refractivity contribution >= 4 is 63.1 Å². The fourth-order valence-corrected chi connectivity index (χ4v) is 5.56. The number of aromatic nitrogens is 1. The molecule has 0 saturated heterocycles. The van der Waals surface area contributed by atoms with Gasteiger partial charge >= 0.3 is 5.97 Å². The van der Waals surface area contributed by atoms with E-state index in [0.717, 1.165) is 11.8 Å². The minimum Gasteiger partial charge on any atom is -0.508 e. The summed E-state index contributed by atoms with van der Waals surface area (Å²) in [6, 6.07) is 28.4. The first kappa shape index (κ1) is 29.1. The van der Waals surface area contributed by atoms with E-state index in [9.17, 15) is 29.7 Å². The van der Waals surface area contributed by atoms with Gasteiger partial charge in [-0.25, -0.2) is 14.8 Å². The molecule has 1 aliphatic heterocycles. The molecule has 0 unspecified atom stereocenters. The van der Waals surface area contributed by atoms with E-state index in [1.165, 1.54) is 35.2 Å². The van der Waals surface area contributed by atoms with Crippen LogP contribution in [0.25, 0.3) is 28.2 Å². The molecule has 2 amide bonds. The number of anilines is 2. The molecule has 4 aromatic carbocycles. The maximum absolute atomic E-state index is 13.4. The van der Waals surface area contributed by atoms with Gasteiger partial charge in [-0.3, -0.25) is 14.5 Å². The first-order valence-electron chi connectivity index (χ1n) is 13.6. The molecule has 4 N–H and O–H groups in total. The molecule has 5 aromatic rings. The topological polar surface area (TPSA) is 152 Å². The zero-order valence-corrected chi connectivity index (χ0v) is 24.2. The van der Waals surface area contributed by atoms with Gasteiger partial charge < -0.3 is 20.6 Å². The predicted molar refractivity (Wildman–Crippen MR) is 174 cm³/mol. The number of phenols is 2. The minimum absolute atomic E-state index is 0.0524. The van der Waals surface area contributed by atoms with Gasteiger partial charge in [0.1, 0.15) is 17.2 Å². The second kappa shape index (κ2) is 12.3. The van der Waals surface area contributed by atoms with Crippen LogP contribution in [-0.2, 0) is 9.59 Å². The van der Waals surface area contributed by atoms with Gasteiger partial charge in [-0.2, -0.15) is 0 Å². The molecular formula is C34H24N4O6S. The number of aliphatic imine (C=N–C) groups is 1. The molecule has 0 fully saturated rings. The zero-order valence-electron chi connectivity index (χ0n) is 23.4. The number of para-hydroxylation sites is 2. The smallest absolute Gasteiger partial charge is 0.336 e. The number of amidine groups is 1. The summed E-state index contributed by atoms with van der Waals surface area (Å²) in [5, 5.41) is 33.2. The molecule has 1 aliphatic rings. The number of fused-ring (bicyclic) bond motifs is 1. The van der Waals surface area contributed by atoms with Gasteiger partial charge in [-0.15, -0.1) is 0 Å². The van der Waals surface area contributed by atoms with Gasteiger partial charge in [0.05, 0.1) is 28.2 Å². The lowest BCUT2D eigenvalue weighted by molar-refractivity contribution is -0.114. The molecule has 11 heteroatoms. The standard InChI is InChI=1S/C34H24N4O6S/c39-24-15-12-21(30(40)17-24)16-29-32(42)38(23-6-2-1-3-7-23)34(37-29)45-19-31(41)35-22-13-10-20(11-14-22)28-18-26(33(43)44)25-8-4-5-9-27(25)36-28/h1-18,39-40H,19H2,(H,35,41)(H,43,44)/b29-16-. The Morgan fingerprint density at radius 2 is 1.62 bits per heavy atom. The maximum atomic E-state index is 13.4. The van der Waals surface area contributed by atoms with E-state index in [4.69, 9.17) is 0 Å². The molecular weight excluding hydrogens is 592 g/mol. The number of aromatic hydroxyl groups is 2. The normalized spacial score (nSPS) is 13.7. The van der Waals surface area contributed by atoms with Crippen molar-refractivity contribution in [3.63, 3.8) is 0 Å². The number of pyridine rings is 1. The zero-order chi connectivity index (χ0) is 31.5. The lowest BCUT2D eigenvalue weighted by Gasteiger charge is -2.17. The first-order valence-corrected chi connectivity index (χ1v) is 14.6. The van der Waals surface area contributed by atoms with E-state index in [2.05, 4.69) is 15.3 Å². The number of carboxylic acids is 1. The molecule has 0 radical (unpaired) electrons. The maximum Gasteiger partial charge on any atom is 0.336 e. The SMILES string of the molecule is O=C(CSC1=N/C(=C\c2ccc(O)cc2O)C(=O)N1c1ccccc1)Nc1ccc(-c2cc(C(=O)O)c3ccccc3n2)cc1. The second-order valence-electron chi connectivity index (χ2n) is 9.93. The number of nitrogens with one attached hydrogen (secondary N) is 1. The highest BCUT2D eigenvalue weighted by Gasteiger charge is 2.32. The van der Waals surface area contributed by atoms with Crippen molar-refractivity contribution in [1.82, 2.24) is 4.98 Å². The van der Waals surface area contributed by atoms with Crippen LogP contribution in [0.4, 0.5) is 11.4 Å². The third-order valence-corrected chi connectivity index (χ3v) is 7.83. The summed E-state index contributed by atoms with van der Waals surface area (Å²) in [5.74, 6) is -2.18. The summed E-state index contributed by atoms with van der Waals surface area (Å²) in [7, 11) is 0. The molecule has 0 saturated carbocycles. The number of carboxylic acid groups (broad SMARTS) is 1. The highest BCUT2D eigenvalue weighted by atomic mass is 32.2. The minimum atomic E-state index is -1.04. The Morgan fingerprint density at radius 3 is 2.36 bits per heavy atom. The number of phenolic OH excluding ortho intramolecular Hbond substituents is 2.